The van der Waals surface area contributed by atoms with E-state index in [2.05, 4.69) is 14.5 Å². The van der Waals surface area contributed by atoms with Gasteiger partial charge in [-0.05, 0) is 0 Å². The lowest BCUT2D eigenvalue weighted by Crippen LogP contribution is -2.80. The van der Waals surface area contributed by atoms with Crippen molar-refractivity contribution in [3.05, 3.63) is 0 Å². The summed E-state index contributed by atoms with van der Waals surface area (Å²) in [5, 5.41) is 51.3. The maximum Gasteiger partial charge on any atom is 0.397 e. The fraction of sp³-hybridized carbons (Fsp3) is 0.778. The standard InChI is InChI=1S/C9H16N6O8S/c10-6-12-5-3(2-16)15(19)7(11)14-1-4(23-24(20,21)22)9(17,18)8(5,14)13-6/h3-5,11,16-19H,1-2H2,(H3,10,12,13)(H,20,21,22). The summed E-state index contributed by atoms with van der Waals surface area (Å²) in [6.07, 6.45) is -1.94. The van der Waals surface area contributed by atoms with Crippen LogP contribution in [-0.2, 0) is 14.6 Å². The minimum Gasteiger partial charge on any atom is -0.394 e. The normalized spacial score (nSPS) is 37.8. The summed E-state index contributed by atoms with van der Waals surface area (Å²) in [7, 11) is -5.06. The number of hydrogen-bond acceptors (Lipinski definition) is 11. The van der Waals surface area contributed by atoms with Crippen LogP contribution in [0.4, 0.5) is 0 Å². The Morgan fingerprint density at radius 3 is 2.67 bits per heavy atom. The minimum atomic E-state index is -5.06. The van der Waals surface area contributed by atoms with Gasteiger partial charge in [-0.25, -0.2) is 14.2 Å². The van der Waals surface area contributed by atoms with E-state index in [9.17, 15) is 28.9 Å². The number of nitrogens with two attached hydrogens (primary N) is 1. The highest BCUT2D eigenvalue weighted by Crippen LogP contribution is 2.46. The van der Waals surface area contributed by atoms with Crippen molar-refractivity contribution in [1.29, 1.82) is 5.41 Å². The quantitative estimate of drug-likeness (QED) is 0.173. The van der Waals surface area contributed by atoms with Crippen LogP contribution in [0.5, 0.6) is 0 Å². The molecule has 1 spiro atoms. The number of guanidine groups is 2. The Morgan fingerprint density at radius 2 is 2.12 bits per heavy atom. The number of aliphatic imine (C=N–C) groups is 1. The smallest absolute Gasteiger partial charge is 0.394 e. The second-order valence-electron chi connectivity index (χ2n) is 5.62. The number of aliphatic hydroxyl groups excluding tert-OH is 1. The molecule has 3 rings (SSSR count). The summed E-state index contributed by atoms with van der Waals surface area (Å²) < 4.78 is 35.1. The Morgan fingerprint density at radius 1 is 1.50 bits per heavy atom. The molecule has 15 heteroatoms. The summed E-state index contributed by atoms with van der Waals surface area (Å²) in [6, 6.07) is -2.57. The van der Waals surface area contributed by atoms with Crippen LogP contribution in [0, 0.1) is 5.41 Å². The number of aliphatic hydroxyl groups is 3. The highest BCUT2D eigenvalue weighted by atomic mass is 32.3. The molecule has 2 saturated heterocycles. The molecule has 3 heterocycles. The lowest BCUT2D eigenvalue weighted by Gasteiger charge is -2.52. The molecule has 136 valence electrons. The largest absolute Gasteiger partial charge is 0.397 e. The molecular weight excluding hydrogens is 352 g/mol. The second kappa shape index (κ2) is 4.88. The monoisotopic (exact) mass is 368 g/mol. The maximum atomic E-state index is 11.0. The zero-order valence-electron chi connectivity index (χ0n) is 11.9. The lowest BCUT2D eigenvalue weighted by atomic mass is 9.85. The predicted molar refractivity (Wildman–Crippen MR) is 73.8 cm³/mol. The molecular formula is C9H16N6O8S. The van der Waals surface area contributed by atoms with Crippen molar-refractivity contribution >= 4 is 22.3 Å². The van der Waals surface area contributed by atoms with Crippen LogP contribution < -0.4 is 11.1 Å². The molecule has 0 aromatic rings. The SMILES string of the molecule is N=C1N(O)C(CO)C2N=C(N)NC23N1CC(OS(=O)(=O)O)C3(O)O. The van der Waals surface area contributed by atoms with E-state index in [1.165, 1.54) is 0 Å². The highest BCUT2D eigenvalue weighted by molar-refractivity contribution is 7.80. The van der Waals surface area contributed by atoms with Crippen LogP contribution in [0.1, 0.15) is 0 Å². The molecule has 0 aromatic heterocycles. The number of rotatable bonds is 3. The number of nitrogens with zero attached hydrogens (tertiary/aromatic N) is 3. The summed E-state index contributed by atoms with van der Waals surface area (Å²) in [4.78, 5) is 4.78. The van der Waals surface area contributed by atoms with Gasteiger partial charge >= 0.3 is 10.4 Å². The predicted octanol–water partition coefficient (Wildman–Crippen LogP) is -4.85. The number of hydroxylamine groups is 2. The first-order valence-electron chi connectivity index (χ1n) is 6.62. The van der Waals surface area contributed by atoms with E-state index >= 15 is 0 Å². The van der Waals surface area contributed by atoms with Crippen molar-refractivity contribution in [2.24, 2.45) is 10.7 Å². The van der Waals surface area contributed by atoms with E-state index in [4.69, 9.17) is 15.7 Å². The summed E-state index contributed by atoms with van der Waals surface area (Å²) >= 11 is 0. The van der Waals surface area contributed by atoms with Gasteiger partial charge in [0.25, 0.3) is 0 Å². The van der Waals surface area contributed by atoms with Gasteiger partial charge in [-0.1, -0.05) is 0 Å². The van der Waals surface area contributed by atoms with Crippen LogP contribution in [0.2, 0.25) is 0 Å². The fourth-order valence-electron chi connectivity index (χ4n) is 3.42. The molecule has 0 radical (unpaired) electrons. The van der Waals surface area contributed by atoms with E-state index in [1.807, 2.05) is 0 Å². The third-order valence-electron chi connectivity index (χ3n) is 4.39. The molecule has 4 atom stereocenters. The van der Waals surface area contributed by atoms with Gasteiger partial charge in [-0.2, -0.15) is 8.42 Å². The molecule has 0 bridgehead atoms. The fourth-order valence-corrected chi connectivity index (χ4v) is 3.91. The van der Waals surface area contributed by atoms with Crippen molar-refractivity contribution in [1.82, 2.24) is 15.3 Å². The third kappa shape index (κ3) is 2.00. The molecule has 2 fully saturated rings. The molecule has 0 aliphatic carbocycles. The molecule has 3 aliphatic heterocycles. The molecule has 4 unspecified atom stereocenters. The Bertz CT molecular complexity index is 711. The van der Waals surface area contributed by atoms with E-state index in [1.54, 1.807) is 0 Å². The Kier molecular flexibility index (Phi) is 3.48. The van der Waals surface area contributed by atoms with Crippen molar-refractivity contribution in [2.75, 3.05) is 13.2 Å². The third-order valence-corrected chi connectivity index (χ3v) is 4.86. The Labute approximate surface area is 135 Å². The van der Waals surface area contributed by atoms with Gasteiger partial charge in [0.2, 0.25) is 11.7 Å². The molecule has 0 saturated carbocycles. The molecule has 0 amide bonds. The van der Waals surface area contributed by atoms with Gasteiger partial charge in [0.15, 0.2) is 17.7 Å². The van der Waals surface area contributed by atoms with Crippen molar-refractivity contribution in [3.8, 4) is 0 Å². The van der Waals surface area contributed by atoms with Gasteiger partial charge in [0.1, 0.15) is 12.1 Å². The average molecular weight is 368 g/mol. The maximum absolute atomic E-state index is 11.0. The van der Waals surface area contributed by atoms with Crippen LogP contribution >= 0.6 is 0 Å². The first kappa shape index (κ1) is 17.1. The molecule has 0 aromatic carbocycles. The zero-order valence-corrected chi connectivity index (χ0v) is 12.8. The van der Waals surface area contributed by atoms with E-state index in [0.717, 1.165) is 4.90 Å². The van der Waals surface area contributed by atoms with Gasteiger partial charge in [0.05, 0.1) is 13.2 Å². The summed E-state index contributed by atoms with van der Waals surface area (Å²) in [5.41, 5.74) is 3.49. The van der Waals surface area contributed by atoms with E-state index < -0.39 is 59.1 Å². The number of hydrogen-bond donors (Lipinski definition) is 8. The van der Waals surface area contributed by atoms with Crippen LogP contribution in [0.15, 0.2) is 4.99 Å². The molecule has 3 aliphatic rings. The van der Waals surface area contributed by atoms with Crippen LogP contribution in [0.25, 0.3) is 0 Å². The topological polar surface area (TPSA) is 225 Å². The summed E-state index contributed by atoms with van der Waals surface area (Å²) in [5.74, 6) is -3.98. The minimum absolute atomic E-state index is 0.286. The van der Waals surface area contributed by atoms with Crippen molar-refractivity contribution in [2.45, 2.75) is 29.6 Å². The van der Waals surface area contributed by atoms with Crippen LogP contribution in [0.3, 0.4) is 0 Å². The van der Waals surface area contributed by atoms with E-state index in [-0.39, 0.29) is 5.96 Å². The molecule has 14 nitrogen and oxygen atoms in total. The first-order chi connectivity index (χ1) is 11.0. The highest BCUT2D eigenvalue weighted by Gasteiger charge is 2.75. The van der Waals surface area contributed by atoms with Gasteiger partial charge < -0.3 is 31.3 Å². The lowest BCUT2D eigenvalue weighted by molar-refractivity contribution is -0.265. The molecule has 24 heavy (non-hydrogen) atoms. The Balaban J connectivity index is 2.13. The van der Waals surface area contributed by atoms with Gasteiger partial charge in [-0.15, -0.1) is 0 Å². The van der Waals surface area contributed by atoms with Crippen LogP contribution in [-0.4, -0.2) is 98.2 Å². The summed E-state index contributed by atoms with van der Waals surface area (Å²) in [6.45, 7) is -1.34. The average Bonchev–Trinajstić information content (AvgIpc) is 2.89. The van der Waals surface area contributed by atoms with Crippen molar-refractivity contribution < 1.29 is 37.7 Å². The number of nitrogens with one attached hydrogen (secondary N) is 2. The zero-order chi connectivity index (χ0) is 18.1. The van der Waals surface area contributed by atoms with Gasteiger partial charge in [0, 0.05) is 0 Å². The van der Waals surface area contributed by atoms with Crippen molar-refractivity contribution in [3.63, 3.8) is 0 Å². The first-order valence-corrected chi connectivity index (χ1v) is 7.99. The molecule has 9 N–H and O–H groups in total. The van der Waals surface area contributed by atoms with E-state index in [0.29, 0.717) is 5.06 Å². The second-order valence-corrected chi connectivity index (χ2v) is 6.67. The Hall–Kier alpha value is -1.75. The van der Waals surface area contributed by atoms with Gasteiger partial charge in [-0.3, -0.25) is 15.2 Å².